The van der Waals surface area contributed by atoms with Crippen molar-refractivity contribution in [2.75, 3.05) is 18.6 Å². The molecule has 0 aromatic carbocycles. The van der Waals surface area contributed by atoms with E-state index >= 15 is 0 Å². The Bertz CT molecular complexity index is 293. The highest BCUT2D eigenvalue weighted by Gasteiger charge is 2.19. The Morgan fingerprint density at radius 2 is 2.57 bits per heavy atom. The minimum Gasteiger partial charge on any atom is -0.312 e. The predicted molar refractivity (Wildman–Crippen MR) is 58.5 cm³/mol. The van der Waals surface area contributed by atoms with Crippen molar-refractivity contribution in [1.29, 1.82) is 0 Å². The number of aromatic nitrogens is 3. The molecule has 2 unspecified atom stereocenters. The van der Waals surface area contributed by atoms with Crippen LogP contribution in [0.5, 0.6) is 0 Å². The summed E-state index contributed by atoms with van der Waals surface area (Å²) in [6, 6.07) is 0.850. The quantitative estimate of drug-likeness (QED) is 0.818. The Morgan fingerprint density at radius 3 is 3.21 bits per heavy atom. The number of hydrogen-bond acceptors (Lipinski definition) is 4. The summed E-state index contributed by atoms with van der Waals surface area (Å²) < 4.78 is 2.02. The van der Waals surface area contributed by atoms with Gasteiger partial charge in [0.1, 0.15) is 0 Å². The fourth-order valence-corrected chi connectivity index (χ4v) is 2.74. The van der Waals surface area contributed by atoms with Gasteiger partial charge in [-0.25, -0.2) is 4.68 Å². The highest BCUT2D eigenvalue weighted by molar-refractivity contribution is 7.99. The van der Waals surface area contributed by atoms with Crippen LogP contribution in [0.25, 0.3) is 0 Å². The second-order valence-electron chi connectivity index (χ2n) is 3.65. The lowest BCUT2D eigenvalue weighted by Gasteiger charge is -2.07. The van der Waals surface area contributed by atoms with Crippen LogP contribution < -0.4 is 5.32 Å². The summed E-state index contributed by atoms with van der Waals surface area (Å²) in [5, 5.41) is 11.5. The van der Waals surface area contributed by atoms with E-state index in [0.717, 1.165) is 5.69 Å². The molecule has 1 aliphatic rings. The molecule has 14 heavy (non-hydrogen) atoms. The second-order valence-corrected chi connectivity index (χ2v) is 4.80. The van der Waals surface area contributed by atoms with Gasteiger partial charge in [0.15, 0.2) is 0 Å². The van der Waals surface area contributed by atoms with Crippen LogP contribution in [0.4, 0.5) is 0 Å². The molecule has 4 nitrogen and oxygen atoms in total. The molecule has 2 atom stereocenters. The number of thioether (sulfide) groups is 1. The lowest BCUT2D eigenvalue weighted by Crippen LogP contribution is -2.12. The molecule has 0 bridgehead atoms. The van der Waals surface area contributed by atoms with Crippen LogP contribution in [0, 0.1) is 0 Å². The molecule has 2 rings (SSSR count). The molecule has 1 aliphatic heterocycles. The molecule has 1 fully saturated rings. The van der Waals surface area contributed by atoms with E-state index in [9.17, 15) is 0 Å². The zero-order valence-corrected chi connectivity index (χ0v) is 9.42. The second kappa shape index (κ2) is 4.31. The fourth-order valence-electron chi connectivity index (χ4n) is 1.55. The SMILES string of the molecule is CNC(C)c1cn(C2CCSC2)nn1. The fraction of sp³-hybridized carbons (Fsp3) is 0.778. The normalized spacial score (nSPS) is 24.0. The molecule has 2 heterocycles. The Morgan fingerprint density at radius 1 is 1.71 bits per heavy atom. The summed E-state index contributed by atoms with van der Waals surface area (Å²) in [6.45, 7) is 2.09. The van der Waals surface area contributed by atoms with Gasteiger partial charge in [-0.05, 0) is 26.1 Å². The standard InChI is InChI=1S/C9H16N4S/c1-7(10-2)9-5-13(12-11-9)8-3-4-14-6-8/h5,7-8,10H,3-4,6H2,1-2H3. The first kappa shape index (κ1) is 9.98. The van der Waals surface area contributed by atoms with Crippen molar-refractivity contribution in [2.45, 2.75) is 25.4 Å². The molecule has 5 heteroatoms. The summed E-state index contributed by atoms with van der Waals surface area (Å²) in [4.78, 5) is 0. The van der Waals surface area contributed by atoms with Crippen molar-refractivity contribution in [3.05, 3.63) is 11.9 Å². The van der Waals surface area contributed by atoms with E-state index < -0.39 is 0 Å². The molecule has 0 aliphatic carbocycles. The molecule has 1 N–H and O–H groups in total. The average molecular weight is 212 g/mol. The number of rotatable bonds is 3. The Kier molecular flexibility index (Phi) is 3.08. The van der Waals surface area contributed by atoms with E-state index in [1.807, 2.05) is 23.5 Å². The maximum Gasteiger partial charge on any atom is 0.0993 e. The first-order valence-corrected chi connectivity index (χ1v) is 6.13. The molecule has 0 saturated carbocycles. The van der Waals surface area contributed by atoms with Crippen molar-refractivity contribution in [1.82, 2.24) is 20.3 Å². The summed E-state index contributed by atoms with van der Waals surface area (Å²) in [5.74, 6) is 2.43. The Hall–Kier alpha value is -0.550. The van der Waals surface area contributed by atoms with Crippen LogP contribution in [0.2, 0.25) is 0 Å². The van der Waals surface area contributed by atoms with Crippen molar-refractivity contribution >= 4 is 11.8 Å². The van der Waals surface area contributed by atoms with Gasteiger partial charge in [0, 0.05) is 11.8 Å². The maximum absolute atomic E-state index is 4.18. The van der Waals surface area contributed by atoms with Gasteiger partial charge in [-0.2, -0.15) is 11.8 Å². The van der Waals surface area contributed by atoms with Gasteiger partial charge in [0.05, 0.1) is 17.9 Å². The molecular formula is C9H16N4S. The van der Waals surface area contributed by atoms with Crippen LogP contribution in [0.3, 0.4) is 0 Å². The van der Waals surface area contributed by atoms with E-state index in [1.165, 1.54) is 17.9 Å². The smallest absolute Gasteiger partial charge is 0.0993 e. The Balaban J connectivity index is 2.08. The highest BCUT2D eigenvalue weighted by atomic mass is 32.2. The Labute approximate surface area is 88.4 Å². The van der Waals surface area contributed by atoms with Crippen LogP contribution in [-0.2, 0) is 0 Å². The summed E-state index contributed by atoms with van der Waals surface area (Å²) in [6.07, 6.45) is 3.29. The maximum atomic E-state index is 4.18. The molecule has 0 amide bonds. The lowest BCUT2D eigenvalue weighted by molar-refractivity contribution is 0.486. The third kappa shape index (κ3) is 1.93. The van der Waals surface area contributed by atoms with Crippen LogP contribution >= 0.6 is 11.8 Å². The van der Waals surface area contributed by atoms with Crippen LogP contribution in [0.1, 0.15) is 31.1 Å². The third-order valence-electron chi connectivity index (χ3n) is 2.68. The van der Waals surface area contributed by atoms with Gasteiger partial charge < -0.3 is 5.32 Å². The van der Waals surface area contributed by atoms with Crippen LogP contribution in [0.15, 0.2) is 6.20 Å². The number of nitrogens with zero attached hydrogens (tertiary/aromatic N) is 3. The predicted octanol–water partition coefficient (Wildman–Crippen LogP) is 1.24. The van der Waals surface area contributed by atoms with Crippen molar-refractivity contribution in [3.63, 3.8) is 0 Å². The van der Waals surface area contributed by atoms with Crippen molar-refractivity contribution in [3.8, 4) is 0 Å². The molecule has 1 saturated heterocycles. The monoisotopic (exact) mass is 212 g/mol. The summed E-state index contributed by atoms with van der Waals surface area (Å²) in [5.41, 5.74) is 1.03. The summed E-state index contributed by atoms with van der Waals surface area (Å²) in [7, 11) is 1.94. The number of hydrogen-bond donors (Lipinski definition) is 1. The topological polar surface area (TPSA) is 42.7 Å². The first-order valence-electron chi connectivity index (χ1n) is 4.98. The van der Waals surface area contributed by atoms with E-state index in [-0.39, 0.29) is 6.04 Å². The minimum atomic E-state index is 0.290. The minimum absolute atomic E-state index is 0.290. The van der Waals surface area contributed by atoms with Crippen molar-refractivity contribution < 1.29 is 0 Å². The van der Waals surface area contributed by atoms with Gasteiger partial charge in [-0.15, -0.1) is 5.10 Å². The summed E-state index contributed by atoms with van der Waals surface area (Å²) >= 11 is 2.00. The lowest BCUT2D eigenvalue weighted by atomic mass is 10.2. The van der Waals surface area contributed by atoms with E-state index in [1.54, 1.807) is 0 Å². The average Bonchev–Trinajstić information content (AvgIpc) is 2.86. The third-order valence-corrected chi connectivity index (χ3v) is 3.83. The molecular weight excluding hydrogens is 196 g/mol. The first-order chi connectivity index (χ1) is 6.81. The molecule has 78 valence electrons. The van der Waals surface area contributed by atoms with E-state index in [4.69, 9.17) is 0 Å². The van der Waals surface area contributed by atoms with Gasteiger partial charge in [0.2, 0.25) is 0 Å². The largest absolute Gasteiger partial charge is 0.312 e. The van der Waals surface area contributed by atoms with E-state index in [2.05, 4.69) is 28.7 Å². The van der Waals surface area contributed by atoms with Gasteiger partial charge in [-0.1, -0.05) is 5.21 Å². The van der Waals surface area contributed by atoms with E-state index in [0.29, 0.717) is 6.04 Å². The number of nitrogens with one attached hydrogen (secondary N) is 1. The van der Waals surface area contributed by atoms with Gasteiger partial charge in [0.25, 0.3) is 0 Å². The van der Waals surface area contributed by atoms with Crippen molar-refractivity contribution in [2.24, 2.45) is 0 Å². The highest BCUT2D eigenvalue weighted by Crippen LogP contribution is 2.27. The van der Waals surface area contributed by atoms with Gasteiger partial charge in [-0.3, -0.25) is 0 Å². The molecule has 0 radical (unpaired) electrons. The van der Waals surface area contributed by atoms with Crippen LogP contribution in [-0.4, -0.2) is 33.5 Å². The zero-order valence-electron chi connectivity index (χ0n) is 8.60. The van der Waals surface area contributed by atoms with Gasteiger partial charge >= 0.3 is 0 Å². The molecule has 1 aromatic heterocycles. The molecule has 1 aromatic rings. The zero-order chi connectivity index (χ0) is 9.97. The molecule has 0 spiro atoms.